The lowest BCUT2D eigenvalue weighted by molar-refractivity contribution is -0.192. The van der Waals surface area contributed by atoms with Crippen molar-refractivity contribution in [3.05, 3.63) is 16.1 Å². The van der Waals surface area contributed by atoms with Crippen LogP contribution in [0, 0.1) is 24.2 Å². The molecule has 1 aliphatic carbocycles. The van der Waals surface area contributed by atoms with Crippen LogP contribution in [0.2, 0.25) is 0 Å². The number of methoxy groups -OCH3 is 1. The summed E-state index contributed by atoms with van der Waals surface area (Å²) in [7, 11) is 1.80. The molecule has 31 heavy (non-hydrogen) atoms. The largest absolute Gasteiger partial charge is 0.490 e. The molecular formula is C20H28F3N3O4S. The zero-order chi connectivity index (χ0) is 22.8. The van der Waals surface area contributed by atoms with Gasteiger partial charge in [-0.15, -0.1) is 11.3 Å². The number of likely N-dealkylation sites (tertiary alicyclic amines) is 2. The number of carboxylic acids is 1. The van der Waals surface area contributed by atoms with E-state index in [1.807, 2.05) is 17.2 Å². The Morgan fingerprint density at radius 1 is 1.35 bits per heavy atom. The molecule has 174 valence electrons. The monoisotopic (exact) mass is 463 g/mol. The van der Waals surface area contributed by atoms with E-state index in [9.17, 15) is 18.0 Å². The Hall–Kier alpha value is -1.72. The van der Waals surface area contributed by atoms with Gasteiger partial charge < -0.3 is 19.6 Å². The Kier molecular flexibility index (Phi) is 7.27. The van der Waals surface area contributed by atoms with Crippen LogP contribution in [0.5, 0.6) is 0 Å². The fourth-order valence-electron chi connectivity index (χ4n) is 4.53. The van der Waals surface area contributed by atoms with Crippen LogP contribution < -0.4 is 0 Å². The highest BCUT2D eigenvalue weighted by atomic mass is 32.1. The second kappa shape index (κ2) is 9.41. The molecule has 1 amide bonds. The van der Waals surface area contributed by atoms with E-state index >= 15 is 0 Å². The molecule has 0 aromatic carbocycles. The van der Waals surface area contributed by atoms with Crippen molar-refractivity contribution in [3.8, 4) is 0 Å². The van der Waals surface area contributed by atoms with E-state index in [1.54, 1.807) is 18.4 Å². The smallest absolute Gasteiger partial charge is 0.475 e. The summed E-state index contributed by atoms with van der Waals surface area (Å²) in [6.07, 6.45) is -1.20. The van der Waals surface area contributed by atoms with Crippen molar-refractivity contribution in [3.63, 3.8) is 0 Å². The van der Waals surface area contributed by atoms with Crippen LogP contribution in [0.1, 0.15) is 34.8 Å². The van der Waals surface area contributed by atoms with Gasteiger partial charge in [-0.3, -0.25) is 4.79 Å². The number of aromatic nitrogens is 1. The predicted octanol–water partition coefficient (Wildman–Crippen LogP) is 2.91. The number of carbonyl (C=O) groups is 2. The topological polar surface area (TPSA) is 83.0 Å². The molecule has 11 heteroatoms. The standard InChI is InChI=1S/C18H27N3O2S.C2HF3O2/c1-13-19-16(10-24-13)17(22)21-6-5-18(12-21)11-20(7-14-3-4-14)8-15(18)9-23-2;3-2(4,5)1(6)7/h10,14-15H,3-9,11-12H2,1-2H3;(H,6,7)/t15-,18-;/m1./s1. The first-order valence-corrected chi connectivity index (χ1v) is 11.1. The van der Waals surface area contributed by atoms with Crippen molar-refractivity contribution in [1.82, 2.24) is 14.8 Å². The van der Waals surface area contributed by atoms with E-state index in [0.717, 1.165) is 50.1 Å². The van der Waals surface area contributed by atoms with Gasteiger partial charge >= 0.3 is 12.1 Å². The van der Waals surface area contributed by atoms with Gasteiger partial charge in [-0.1, -0.05) is 0 Å². The molecule has 0 bridgehead atoms. The van der Waals surface area contributed by atoms with Gasteiger partial charge in [0.15, 0.2) is 0 Å². The molecule has 2 atom stereocenters. The van der Waals surface area contributed by atoms with Crippen LogP contribution in [-0.2, 0) is 9.53 Å². The minimum atomic E-state index is -5.08. The Labute approximate surface area is 183 Å². The molecule has 0 unspecified atom stereocenters. The van der Waals surface area contributed by atoms with Crippen molar-refractivity contribution in [2.24, 2.45) is 17.3 Å². The summed E-state index contributed by atoms with van der Waals surface area (Å²) in [5, 5.41) is 9.98. The van der Waals surface area contributed by atoms with Gasteiger partial charge in [0.05, 0.1) is 11.6 Å². The summed E-state index contributed by atoms with van der Waals surface area (Å²) >= 11 is 1.55. The number of alkyl halides is 3. The molecule has 1 spiro atoms. The quantitative estimate of drug-likeness (QED) is 0.723. The maximum absolute atomic E-state index is 12.8. The molecular weight excluding hydrogens is 435 g/mol. The number of rotatable bonds is 5. The molecule has 0 radical (unpaired) electrons. The van der Waals surface area contributed by atoms with Gasteiger partial charge in [0.25, 0.3) is 5.91 Å². The van der Waals surface area contributed by atoms with Crippen LogP contribution in [0.3, 0.4) is 0 Å². The summed E-state index contributed by atoms with van der Waals surface area (Å²) in [4.78, 5) is 30.7. The van der Waals surface area contributed by atoms with E-state index in [1.165, 1.54) is 19.4 Å². The maximum Gasteiger partial charge on any atom is 0.490 e. The number of aryl methyl sites for hydroxylation is 1. The zero-order valence-electron chi connectivity index (χ0n) is 17.7. The number of halogens is 3. The fraction of sp³-hybridized carbons (Fsp3) is 0.750. The Morgan fingerprint density at radius 2 is 2.03 bits per heavy atom. The third-order valence-corrected chi connectivity index (χ3v) is 6.99. The van der Waals surface area contributed by atoms with Gasteiger partial charge in [-0.25, -0.2) is 9.78 Å². The Morgan fingerprint density at radius 3 is 2.55 bits per heavy atom. The average Bonchev–Trinajstić information content (AvgIpc) is 3.10. The first kappa shape index (κ1) is 23.9. The van der Waals surface area contributed by atoms with Crippen molar-refractivity contribution in [1.29, 1.82) is 0 Å². The highest BCUT2D eigenvalue weighted by Crippen LogP contribution is 2.45. The molecule has 1 saturated carbocycles. The first-order valence-electron chi connectivity index (χ1n) is 10.3. The lowest BCUT2D eigenvalue weighted by Crippen LogP contribution is -2.38. The zero-order valence-corrected chi connectivity index (χ0v) is 18.5. The normalized spacial score (nSPS) is 26.2. The van der Waals surface area contributed by atoms with Crippen molar-refractivity contribution >= 4 is 23.2 Å². The number of aliphatic carboxylic acids is 1. The predicted molar refractivity (Wildman–Crippen MR) is 108 cm³/mol. The number of nitrogens with zero attached hydrogens (tertiary/aromatic N) is 3. The SMILES string of the molecule is COC[C@H]1CN(CC2CC2)C[C@@]12CCN(C(=O)c1csc(C)n1)C2.O=C(O)C(F)(F)F. The molecule has 1 aromatic heterocycles. The van der Waals surface area contributed by atoms with Crippen LogP contribution >= 0.6 is 11.3 Å². The first-order chi connectivity index (χ1) is 14.5. The summed E-state index contributed by atoms with van der Waals surface area (Å²) in [6, 6.07) is 0. The van der Waals surface area contributed by atoms with Gasteiger partial charge in [-0.2, -0.15) is 13.2 Å². The minimum absolute atomic E-state index is 0.105. The molecule has 1 N–H and O–H groups in total. The molecule has 2 saturated heterocycles. The van der Waals surface area contributed by atoms with Crippen molar-refractivity contribution in [2.75, 3.05) is 46.4 Å². The number of carboxylic acid groups (broad SMARTS) is 1. The highest BCUT2D eigenvalue weighted by Gasteiger charge is 2.51. The molecule has 4 rings (SSSR count). The third kappa shape index (κ3) is 5.95. The maximum atomic E-state index is 12.8. The molecule has 3 aliphatic rings. The Balaban J connectivity index is 0.000000339. The van der Waals surface area contributed by atoms with E-state index in [4.69, 9.17) is 14.6 Å². The number of carbonyl (C=O) groups excluding carboxylic acids is 1. The number of hydrogen-bond donors (Lipinski definition) is 1. The van der Waals surface area contributed by atoms with E-state index < -0.39 is 12.1 Å². The highest BCUT2D eigenvalue weighted by molar-refractivity contribution is 7.09. The fourth-order valence-corrected chi connectivity index (χ4v) is 5.12. The number of ether oxygens (including phenoxy) is 1. The second-order valence-corrected chi connectivity index (χ2v) is 9.75. The van der Waals surface area contributed by atoms with E-state index in [-0.39, 0.29) is 11.3 Å². The van der Waals surface area contributed by atoms with Crippen molar-refractivity contribution in [2.45, 2.75) is 32.4 Å². The van der Waals surface area contributed by atoms with Crippen LogP contribution in [0.15, 0.2) is 5.38 Å². The summed E-state index contributed by atoms with van der Waals surface area (Å²) in [5.74, 6) is -1.20. The molecule has 3 heterocycles. The molecule has 1 aromatic rings. The lowest BCUT2D eigenvalue weighted by Gasteiger charge is -2.30. The number of amides is 1. The van der Waals surface area contributed by atoms with Crippen LogP contribution in [-0.4, -0.2) is 84.4 Å². The molecule has 3 fully saturated rings. The number of thiazole rings is 1. The van der Waals surface area contributed by atoms with Crippen LogP contribution in [0.4, 0.5) is 13.2 Å². The van der Waals surface area contributed by atoms with E-state index in [0.29, 0.717) is 11.6 Å². The Bertz CT molecular complexity index is 799. The second-order valence-electron chi connectivity index (χ2n) is 8.68. The van der Waals surface area contributed by atoms with Gasteiger partial charge in [0.1, 0.15) is 5.69 Å². The average molecular weight is 464 g/mol. The summed E-state index contributed by atoms with van der Waals surface area (Å²) in [5.41, 5.74) is 0.830. The number of hydrogen-bond acceptors (Lipinski definition) is 6. The van der Waals surface area contributed by atoms with Crippen LogP contribution in [0.25, 0.3) is 0 Å². The van der Waals surface area contributed by atoms with Gasteiger partial charge in [-0.05, 0) is 32.1 Å². The minimum Gasteiger partial charge on any atom is -0.475 e. The van der Waals surface area contributed by atoms with Crippen molar-refractivity contribution < 1.29 is 32.6 Å². The summed E-state index contributed by atoms with van der Waals surface area (Å²) < 4.78 is 37.3. The summed E-state index contributed by atoms with van der Waals surface area (Å²) in [6.45, 7) is 7.96. The molecule has 2 aliphatic heterocycles. The third-order valence-electron chi connectivity index (χ3n) is 6.22. The van der Waals surface area contributed by atoms with Gasteiger partial charge in [0.2, 0.25) is 0 Å². The lowest BCUT2D eigenvalue weighted by atomic mass is 9.77. The van der Waals surface area contributed by atoms with E-state index in [2.05, 4.69) is 9.88 Å². The molecule has 7 nitrogen and oxygen atoms in total. The van der Waals surface area contributed by atoms with Gasteiger partial charge in [0, 0.05) is 56.5 Å².